The van der Waals surface area contributed by atoms with E-state index in [1.165, 1.54) is 12.3 Å². The smallest absolute Gasteiger partial charge is 0.337 e. The predicted molar refractivity (Wildman–Crippen MR) is 72.7 cm³/mol. The third-order valence-electron chi connectivity index (χ3n) is 3.50. The molecule has 1 saturated carbocycles. The third-order valence-corrected chi connectivity index (χ3v) is 3.80. The van der Waals surface area contributed by atoms with Crippen LogP contribution in [0.25, 0.3) is 0 Å². The van der Waals surface area contributed by atoms with Crippen LogP contribution in [-0.2, 0) is 0 Å². The van der Waals surface area contributed by atoms with Crippen LogP contribution in [0.3, 0.4) is 0 Å². The molecule has 6 heteroatoms. The van der Waals surface area contributed by atoms with E-state index in [1.54, 1.807) is 0 Å². The van der Waals surface area contributed by atoms with Crippen molar-refractivity contribution in [3.63, 3.8) is 0 Å². The Hall–Kier alpha value is -1.33. The summed E-state index contributed by atoms with van der Waals surface area (Å²) in [6, 6.07) is 1.42. The molecule has 0 radical (unpaired) electrons. The number of aliphatic hydroxyl groups excluding tert-OH is 1. The lowest BCUT2D eigenvalue weighted by molar-refractivity contribution is 0.0696. The van der Waals surface area contributed by atoms with Gasteiger partial charge < -0.3 is 15.5 Å². The van der Waals surface area contributed by atoms with Crippen molar-refractivity contribution in [2.45, 2.75) is 31.8 Å². The van der Waals surface area contributed by atoms with E-state index in [2.05, 4.69) is 10.3 Å². The minimum absolute atomic E-state index is 0.0309. The molecule has 0 amide bonds. The molecule has 0 saturated heterocycles. The number of rotatable bonds is 4. The van der Waals surface area contributed by atoms with Crippen LogP contribution in [0, 0.1) is 5.92 Å². The number of aliphatic hydroxyl groups is 1. The Labute approximate surface area is 116 Å². The van der Waals surface area contributed by atoms with Gasteiger partial charge in [-0.15, -0.1) is 0 Å². The summed E-state index contributed by atoms with van der Waals surface area (Å²) < 4.78 is 0. The summed E-state index contributed by atoms with van der Waals surface area (Å²) in [4.78, 5) is 15.0. The number of anilines is 1. The van der Waals surface area contributed by atoms with E-state index in [1.807, 2.05) is 0 Å². The molecule has 1 aromatic rings. The van der Waals surface area contributed by atoms with E-state index in [-0.39, 0.29) is 22.6 Å². The first kappa shape index (κ1) is 14.1. The highest BCUT2D eigenvalue weighted by atomic mass is 35.5. The standard InChI is InChI=1S/C13H17ClN2O3/c14-10-7-16-12(5-9(10)13(18)19)15-6-8-3-1-2-4-11(8)17/h5,7-8,11,17H,1-4,6H2,(H,15,16)(H,18,19). The molecule has 0 bridgehead atoms. The highest BCUT2D eigenvalue weighted by Crippen LogP contribution is 2.25. The molecule has 0 spiro atoms. The van der Waals surface area contributed by atoms with Gasteiger partial charge in [-0.2, -0.15) is 0 Å². The van der Waals surface area contributed by atoms with E-state index in [4.69, 9.17) is 16.7 Å². The number of hydrogen-bond acceptors (Lipinski definition) is 4. The number of carboxylic acid groups (broad SMARTS) is 1. The highest BCUT2D eigenvalue weighted by Gasteiger charge is 2.22. The quantitative estimate of drug-likeness (QED) is 0.791. The summed E-state index contributed by atoms with van der Waals surface area (Å²) in [6.07, 6.45) is 5.05. The number of carboxylic acids is 1. The van der Waals surface area contributed by atoms with Crippen molar-refractivity contribution in [3.05, 3.63) is 22.8 Å². The Bertz CT molecular complexity index is 467. The predicted octanol–water partition coefficient (Wildman–Crippen LogP) is 2.40. The molecular formula is C13H17ClN2O3. The molecule has 2 atom stereocenters. The van der Waals surface area contributed by atoms with Crippen LogP contribution in [0.2, 0.25) is 5.02 Å². The molecule has 1 heterocycles. The van der Waals surface area contributed by atoms with Gasteiger partial charge in [-0.25, -0.2) is 9.78 Å². The fraction of sp³-hybridized carbons (Fsp3) is 0.538. The van der Waals surface area contributed by atoms with Crippen LogP contribution >= 0.6 is 11.6 Å². The molecular weight excluding hydrogens is 268 g/mol. The second-order valence-electron chi connectivity index (χ2n) is 4.85. The number of carbonyl (C=O) groups is 1. The summed E-state index contributed by atoms with van der Waals surface area (Å²) in [7, 11) is 0. The Morgan fingerprint density at radius 3 is 2.89 bits per heavy atom. The largest absolute Gasteiger partial charge is 0.478 e. The van der Waals surface area contributed by atoms with Crippen LogP contribution in [-0.4, -0.2) is 33.8 Å². The van der Waals surface area contributed by atoms with Gasteiger partial charge in [0.2, 0.25) is 0 Å². The lowest BCUT2D eigenvalue weighted by atomic mass is 9.86. The number of aromatic carboxylic acids is 1. The van der Waals surface area contributed by atoms with Gasteiger partial charge in [0, 0.05) is 18.7 Å². The molecule has 5 nitrogen and oxygen atoms in total. The first-order chi connectivity index (χ1) is 9.08. The van der Waals surface area contributed by atoms with Crippen LogP contribution < -0.4 is 5.32 Å². The van der Waals surface area contributed by atoms with E-state index >= 15 is 0 Å². The normalized spacial score (nSPS) is 23.1. The highest BCUT2D eigenvalue weighted by molar-refractivity contribution is 6.33. The van der Waals surface area contributed by atoms with Crippen molar-refractivity contribution in [2.75, 3.05) is 11.9 Å². The topological polar surface area (TPSA) is 82.5 Å². The zero-order valence-corrected chi connectivity index (χ0v) is 11.2. The van der Waals surface area contributed by atoms with Crippen molar-refractivity contribution >= 4 is 23.4 Å². The van der Waals surface area contributed by atoms with E-state index in [9.17, 15) is 9.90 Å². The Balaban J connectivity index is 1.99. The molecule has 2 unspecified atom stereocenters. The van der Waals surface area contributed by atoms with Gasteiger partial charge in [-0.05, 0) is 18.9 Å². The van der Waals surface area contributed by atoms with Crippen LogP contribution in [0.4, 0.5) is 5.82 Å². The zero-order chi connectivity index (χ0) is 13.8. The van der Waals surface area contributed by atoms with E-state index in [0.29, 0.717) is 12.4 Å². The monoisotopic (exact) mass is 284 g/mol. The summed E-state index contributed by atoms with van der Waals surface area (Å²) >= 11 is 5.75. The van der Waals surface area contributed by atoms with Crippen LogP contribution in [0.15, 0.2) is 12.3 Å². The summed E-state index contributed by atoms with van der Waals surface area (Å²) in [5.74, 6) is -0.410. The number of hydrogen-bond donors (Lipinski definition) is 3. The minimum atomic E-state index is -1.08. The number of halogens is 1. The Morgan fingerprint density at radius 2 is 2.21 bits per heavy atom. The molecule has 2 rings (SSSR count). The summed E-state index contributed by atoms with van der Waals surface area (Å²) in [5, 5.41) is 22.0. The van der Waals surface area contributed by atoms with E-state index in [0.717, 1.165) is 25.7 Å². The van der Waals surface area contributed by atoms with Crippen LogP contribution in [0.1, 0.15) is 36.0 Å². The molecule has 19 heavy (non-hydrogen) atoms. The summed E-state index contributed by atoms with van der Waals surface area (Å²) in [5.41, 5.74) is 0.0309. The molecule has 0 aliphatic heterocycles. The fourth-order valence-electron chi connectivity index (χ4n) is 2.36. The van der Waals surface area contributed by atoms with Gasteiger partial charge in [0.1, 0.15) is 5.82 Å². The molecule has 3 N–H and O–H groups in total. The average molecular weight is 285 g/mol. The first-order valence-corrected chi connectivity index (χ1v) is 6.76. The number of pyridine rings is 1. The van der Waals surface area contributed by atoms with Gasteiger partial charge >= 0.3 is 5.97 Å². The fourth-order valence-corrected chi connectivity index (χ4v) is 2.55. The van der Waals surface area contributed by atoms with Crippen molar-refractivity contribution in [3.8, 4) is 0 Å². The van der Waals surface area contributed by atoms with Crippen molar-refractivity contribution < 1.29 is 15.0 Å². The number of nitrogens with one attached hydrogen (secondary N) is 1. The first-order valence-electron chi connectivity index (χ1n) is 6.38. The molecule has 1 aliphatic rings. The average Bonchev–Trinajstić information content (AvgIpc) is 2.39. The van der Waals surface area contributed by atoms with Crippen molar-refractivity contribution in [1.29, 1.82) is 0 Å². The Morgan fingerprint density at radius 1 is 1.47 bits per heavy atom. The van der Waals surface area contributed by atoms with Gasteiger partial charge in [0.15, 0.2) is 0 Å². The third kappa shape index (κ3) is 3.58. The summed E-state index contributed by atoms with van der Waals surface area (Å²) in [6.45, 7) is 0.592. The molecule has 1 aromatic heterocycles. The molecule has 0 aromatic carbocycles. The van der Waals surface area contributed by atoms with Gasteiger partial charge in [0.25, 0.3) is 0 Å². The van der Waals surface area contributed by atoms with Gasteiger partial charge in [0.05, 0.1) is 16.7 Å². The molecule has 1 fully saturated rings. The van der Waals surface area contributed by atoms with Gasteiger partial charge in [-0.3, -0.25) is 0 Å². The number of aromatic nitrogens is 1. The maximum Gasteiger partial charge on any atom is 0.337 e. The second kappa shape index (κ2) is 6.21. The van der Waals surface area contributed by atoms with Gasteiger partial charge in [-0.1, -0.05) is 24.4 Å². The number of nitrogens with zero attached hydrogens (tertiary/aromatic N) is 1. The minimum Gasteiger partial charge on any atom is -0.478 e. The van der Waals surface area contributed by atoms with Crippen molar-refractivity contribution in [1.82, 2.24) is 4.98 Å². The second-order valence-corrected chi connectivity index (χ2v) is 5.25. The lowest BCUT2D eigenvalue weighted by Gasteiger charge is -2.27. The van der Waals surface area contributed by atoms with Crippen LogP contribution in [0.5, 0.6) is 0 Å². The SMILES string of the molecule is O=C(O)c1cc(NCC2CCCCC2O)ncc1Cl. The zero-order valence-electron chi connectivity index (χ0n) is 10.5. The Kier molecular flexibility index (Phi) is 4.61. The molecule has 104 valence electrons. The van der Waals surface area contributed by atoms with Crippen molar-refractivity contribution in [2.24, 2.45) is 5.92 Å². The maximum absolute atomic E-state index is 11.0. The van der Waals surface area contributed by atoms with E-state index < -0.39 is 5.97 Å². The molecule has 1 aliphatic carbocycles. The maximum atomic E-state index is 11.0. The lowest BCUT2D eigenvalue weighted by Crippen LogP contribution is -2.30.